The molecule has 3 rings (SSSR count). The first-order chi connectivity index (χ1) is 14.0. The zero-order valence-corrected chi connectivity index (χ0v) is 16.7. The minimum absolute atomic E-state index is 0.0585. The zero-order chi connectivity index (χ0) is 20.6. The Kier molecular flexibility index (Phi) is 7.05. The standard InChI is InChI=1S/C22H28N4O3/c1-16-13-14-19(25-22(29)24-18-11-7-4-8-12-18)21(28)26(16)15-20(27)23-17-9-5-2-3-6-10-17/h4,7-8,11-14,17H,2-3,5-6,9-10,15H2,1H3,(H,23,27)(H2,24,25,29). The Morgan fingerprint density at radius 3 is 2.34 bits per heavy atom. The van der Waals surface area contributed by atoms with Gasteiger partial charge in [-0.3, -0.25) is 9.59 Å². The summed E-state index contributed by atoms with van der Waals surface area (Å²) in [4.78, 5) is 37.5. The van der Waals surface area contributed by atoms with Gasteiger partial charge in [-0.25, -0.2) is 4.79 Å². The monoisotopic (exact) mass is 396 g/mol. The van der Waals surface area contributed by atoms with Crippen molar-refractivity contribution in [3.8, 4) is 0 Å². The molecule has 0 saturated heterocycles. The van der Waals surface area contributed by atoms with E-state index in [0.29, 0.717) is 11.4 Å². The first-order valence-electron chi connectivity index (χ1n) is 10.2. The molecule has 1 fully saturated rings. The second-order valence-electron chi connectivity index (χ2n) is 7.48. The van der Waals surface area contributed by atoms with Gasteiger partial charge >= 0.3 is 6.03 Å². The minimum atomic E-state index is -0.508. The summed E-state index contributed by atoms with van der Waals surface area (Å²) in [6.07, 6.45) is 6.65. The summed E-state index contributed by atoms with van der Waals surface area (Å²) in [7, 11) is 0. The number of carbonyl (C=O) groups excluding carboxylic acids is 2. The number of hydrogen-bond donors (Lipinski definition) is 3. The van der Waals surface area contributed by atoms with Crippen molar-refractivity contribution in [2.24, 2.45) is 0 Å². The van der Waals surface area contributed by atoms with Crippen LogP contribution in [-0.2, 0) is 11.3 Å². The number of rotatable bonds is 5. The maximum atomic E-state index is 12.8. The normalized spacial score (nSPS) is 14.7. The average molecular weight is 396 g/mol. The topological polar surface area (TPSA) is 92.2 Å². The van der Waals surface area contributed by atoms with Crippen LogP contribution in [0.3, 0.4) is 0 Å². The van der Waals surface area contributed by atoms with E-state index in [1.54, 1.807) is 43.3 Å². The van der Waals surface area contributed by atoms with Gasteiger partial charge in [-0.15, -0.1) is 0 Å². The van der Waals surface area contributed by atoms with E-state index in [0.717, 1.165) is 25.7 Å². The zero-order valence-electron chi connectivity index (χ0n) is 16.7. The fourth-order valence-electron chi connectivity index (χ4n) is 3.61. The summed E-state index contributed by atoms with van der Waals surface area (Å²) >= 11 is 0. The van der Waals surface area contributed by atoms with Gasteiger partial charge in [0.05, 0.1) is 0 Å². The summed E-state index contributed by atoms with van der Waals surface area (Å²) < 4.78 is 1.39. The van der Waals surface area contributed by atoms with Crippen LogP contribution in [0.4, 0.5) is 16.2 Å². The smallest absolute Gasteiger partial charge is 0.323 e. The average Bonchev–Trinajstić information content (AvgIpc) is 2.97. The van der Waals surface area contributed by atoms with Crippen LogP contribution in [0.5, 0.6) is 0 Å². The van der Waals surface area contributed by atoms with Gasteiger partial charge in [0, 0.05) is 17.4 Å². The second kappa shape index (κ2) is 9.91. The number of nitrogens with one attached hydrogen (secondary N) is 3. The number of aryl methyl sites for hydroxylation is 1. The summed E-state index contributed by atoms with van der Waals surface area (Å²) in [5.74, 6) is -0.173. The molecule has 29 heavy (non-hydrogen) atoms. The number of aromatic nitrogens is 1. The van der Waals surface area contributed by atoms with Gasteiger partial charge in [-0.1, -0.05) is 43.9 Å². The fraction of sp³-hybridized carbons (Fsp3) is 0.409. The number of pyridine rings is 1. The predicted molar refractivity (Wildman–Crippen MR) is 114 cm³/mol. The Bertz CT molecular complexity index is 900. The molecule has 1 aromatic carbocycles. The maximum Gasteiger partial charge on any atom is 0.323 e. The third-order valence-corrected chi connectivity index (χ3v) is 5.19. The van der Waals surface area contributed by atoms with Crippen molar-refractivity contribution in [1.29, 1.82) is 0 Å². The maximum absolute atomic E-state index is 12.8. The largest absolute Gasteiger partial charge is 0.352 e. The first-order valence-corrected chi connectivity index (χ1v) is 10.2. The summed E-state index contributed by atoms with van der Waals surface area (Å²) in [5.41, 5.74) is 1.02. The third-order valence-electron chi connectivity index (χ3n) is 5.19. The molecule has 1 aromatic heterocycles. The molecule has 2 aromatic rings. The van der Waals surface area contributed by atoms with E-state index >= 15 is 0 Å². The van der Waals surface area contributed by atoms with Crippen LogP contribution < -0.4 is 21.5 Å². The lowest BCUT2D eigenvalue weighted by molar-refractivity contribution is -0.122. The van der Waals surface area contributed by atoms with Crippen LogP contribution in [0.15, 0.2) is 47.3 Å². The van der Waals surface area contributed by atoms with Gasteiger partial charge in [-0.05, 0) is 44.0 Å². The molecule has 1 saturated carbocycles. The van der Waals surface area contributed by atoms with E-state index < -0.39 is 11.6 Å². The minimum Gasteiger partial charge on any atom is -0.352 e. The molecule has 7 nitrogen and oxygen atoms in total. The molecule has 1 heterocycles. The van der Waals surface area contributed by atoms with Gasteiger partial charge < -0.3 is 20.5 Å². The van der Waals surface area contributed by atoms with Crippen LogP contribution >= 0.6 is 0 Å². The molecule has 7 heteroatoms. The van der Waals surface area contributed by atoms with Gasteiger partial charge in [0.2, 0.25) is 5.91 Å². The van der Waals surface area contributed by atoms with Crippen molar-refractivity contribution in [3.63, 3.8) is 0 Å². The van der Waals surface area contributed by atoms with Crippen LogP contribution in [0.2, 0.25) is 0 Å². The van der Waals surface area contributed by atoms with E-state index in [-0.39, 0.29) is 24.2 Å². The van der Waals surface area contributed by atoms with Crippen LogP contribution in [-0.4, -0.2) is 22.5 Å². The molecule has 0 atom stereocenters. The molecule has 1 aliphatic rings. The predicted octanol–water partition coefficient (Wildman–Crippen LogP) is 3.64. The van der Waals surface area contributed by atoms with E-state index in [1.807, 2.05) is 6.07 Å². The number of para-hydroxylation sites is 1. The highest BCUT2D eigenvalue weighted by atomic mass is 16.2. The van der Waals surface area contributed by atoms with Crippen molar-refractivity contribution < 1.29 is 9.59 Å². The van der Waals surface area contributed by atoms with E-state index in [4.69, 9.17) is 0 Å². The molecular weight excluding hydrogens is 368 g/mol. The quantitative estimate of drug-likeness (QED) is 0.674. The van der Waals surface area contributed by atoms with Crippen molar-refractivity contribution in [2.75, 3.05) is 10.6 Å². The molecule has 0 bridgehead atoms. The first kappa shape index (κ1) is 20.6. The molecule has 0 aliphatic heterocycles. The van der Waals surface area contributed by atoms with Crippen molar-refractivity contribution in [3.05, 3.63) is 58.5 Å². The summed E-state index contributed by atoms with van der Waals surface area (Å²) in [6.45, 7) is 1.71. The Balaban J connectivity index is 1.65. The molecule has 0 radical (unpaired) electrons. The Morgan fingerprint density at radius 1 is 0.966 bits per heavy atom. The SMILES string of the molecule is Cc1ccc(NC(=O)Nc2ccccc2)c(=O)n1CC(=O)NC1CCCCCC1. The molecular formula is C22H28N4O3. The molecule has 1 aliphatic carbocycles. The van der Waals surface area contributed by atoms with Crippen LogP contribution in [0.25, 0.3) is 0 Å². The van der Waals surface area contributed by atoms with Crippen LogP contribution in [0.1, 0.15) is 44.2 Å². The molecule has 154 valence electrons. The fourth-order valence-corrected chi connectivity index (χ4v) is 3.61. The number of urea groups is 1. The highest BCUT2D eigenvalue weighted by Gasteiger charge is 2.17. The van der Waals surface area contributed by atoms with Gasteiger partial charge in [0.1, 0.15) is 12.2 Å². The lowest BCUT2D eigenvalue weighted by Gasteiger charge is -2.18. The Morgan fingerprint density at radius 2 is 1.66 bits per heavy atom. The second-order valence-corrected chi connectivity index (χ2v) is 7.48. The summed E-state index contributed by atoms with van der Waals surface area (Å²) in [5, 5.41) is 8.31. The van der Waals surface area contributed by atoms with Crippen molar-refractivity contribution in [2.45, 2.75) is 58.0 Å². The van der Waals surface area contributed by atoms with E-state index in [2.05, 4.69) is 16.0 Å². The van der Waals surface area contributed by atoms with Gasteiger partial charge in [0.15, 0.2) is 0 Å². The van der Waals surface area contributed by atoms with Gasteiger partial charge in [0.25, 0.3) is 5.56 Å². The Labute approximate surface area is 170 Å². The molecule has 3 N–H and O–H groups in total. The molecule has 3 amide bonds. The lowest BCUT2D eigenvalue weighted by Crippen LogP contribution is -2.39. The van der Waals surface area contributed by atoms with Crippen LogP contribution in [0, 0.1) is 6.92 Å². The van der Waals surface area contributed by atoms with E-state index in [9.17, 15) is 14.4 Å². The highest BCUT2D eigenvalue weighted by molar-refractivity contribution is 5.99. The molecule has 0 unspecified atom stereocenters. The summed E-state index contributed by atoms with van der Waals surface area (Å²) in [6, 6.07) is 11.9. The van der Waals surface area contributed by atoms with E-state index in [1.165, 1.54) is 17.4 Å². The number of anilines is 2. The number of benzene rings is 1. The number of amides is 3. The van der Waals surface area contributed by atoms with Crippen molar-refractivity contribution in [1.82, 2.24) is 9.88 Å². The Hall–Kier alpha value is -3.09. The number of carbonyl (C=O) groups is 2. The number of hydrogen-bond acceptors (Lipinski definition) is 3. The number of nitrogens with zero attached hydrogens (tertiary/aromatic N) is 1. The van der Waals surface area contributed by atoms with Crippen molar-refractivity contribution >= 4 is 23.3 Å². The van der Waals surface area contributed by atoms with Gasteiger partial charge in [-0.2, -0.15) is 0 Å². The molecule has 0 spiro atoms. The lowest BCUT2D eigenvalue weighted by atomic mass is 10.1. The third kappa shape index (κ3) is 5.94. The highest BCUT2D eigenvalue weighted by Crippen LogP contribution is 2.17.